The predicted molar refractivity (Wildman–Crippen MR) is 86.0 cm³/mol. The smallest absolute Gasteiger partial charge is 0.328 e. The molecule has 0 spiro atoms. The molecule has 0 bridgehead atoms. The summed E-state index contributed by atoms with van der Waals surface area (Å²) in [5, 5.41) is 0. The summed E-state index contributed by atoms with van der Waals surface area (Å²) in [5.41, 5.74) is 0. The number of amides is 1. The van der Waals surface area contributed by atoms with E-state index in [0.29, 0.717) is 31.4 Å². The van der Waals surface area contributed by atoms with Gasteiger partial charge in [-0.2, -0.15) is 0 Å². The topological polar surface area (TPSA) is 46.6 Å². The zero-order valence-electron chi connectivity index (χ0n) is 14.6. The lowest BCUT2D eigenvalue weighted by Crippen LogP contribution is -2.46. The minimum Gasteiger partial charge on any atom is -0.464 e. The zero-order chi connectivity index (χ0) is 16.4. The average molecular weight is 299 g/mol. The Bertz CT molecular complexity index is 313. The van der Waals surface area contributed by atoms with Crippen LogP contribution in [0, 0.1) is 11.8 Å². The maximum Gasteiger partial charge on any atom is 0.328 e. The van der Waals surface area contributed by atoms with Crippen LogP contribution in [0.15, 0.2) is 0 Å². The van der Waals surface area contributed by atoms with E-state index in [1.807, 2.05) is 13.8 Å². The Kier molecular flexibility index (Phi) is 10.1. The van der Waals surface area contributed by atoms with E-state index in [2.05, 4.69) is 20.8 Å². The summed E-state index contributed by atoms with van der Waals surface area (Å²) in [7, 11) is 0. The first-order valence-corrected chi connectivity index (χ1v) is 8.25. The van der Waals surface area contributed by atoms with E-state index in [0.717, 1.165) is 19.3 Å². The van der Waals surface area contributed by atoms with Gasteiger partial charge in [0.05, 0.1) is 6.61 Å². The van der Waals surface area contributed by atoms with Gasteiger partial charge in [0.2, 0.25) is 5.91 Å². The van der Waals surface area contributed by atoms with Gasteiger partial charge in [-0.25, -0.2) is 4.79 Å². The SMILES string of the molecule is CCCCCC(=O)N(CC(C)C)C(C)C(=O)OCC(C)C. The highest BCUT2D eigenvalue weighted by atomic mass is 16.5. The molecule has 0 aliphatic carbocycles. The summed E-state index contributed by atoms with van der Waals surface area (Å²) < 4.78 is 5.27. The van der Waals surface area contributed by atoms with Gasteiger partial charge in [0.15, 0.2) is 0 Å². The van der Waals surface area contributed by atoms with E-state index in [9.17, 15) is 9.59 Å². The molecule has 0 fully saturated rings. The Morgan fingerprint density at radius 3 is 2.10 bits per heavy atom. The van der Waals surface area contributed by atoms with E-state index < -0.39 is 6.04 Å². The van der Waals surface area contributed by atoms with Gasteiger partial charge >= 0.3 is 5.97 Å². The third-order valence-corrected chi connectivity index (χ3v) is 3.24. The van der Waals surface area contributed by atoms with Gasteiger partial charge in [-0.1, -0.05) is 47.5 Å². The van der Waals surface area contributed by atoms with E-state index in [-0.39, 0.29) is 11.9 Å². The lowest BCUT2D eigenvalue weighted by atomic mass is 10.1. The van der Waals surface area contributed by atoms with Crippen LogP contribution >= 0.6 is 0 Å². The van der Waals surface area contributed by atoms with Crippen molar-refractivity contribution in [2.45, 2.75) is 73.3 Å². The van der Waals surface area contributed by atoms with Gasteiger partial charge in [-0.05, 0) is 25.2 Å². The lowest BCUT2D eigenvalue weighted by molar-refractivity contribution is -0.155. The first-order valence-electron chi connectivity index (χ1n) is 8.25. The minimum absolute atomic E-state index is 0.0612. The molecule has 4 heteroatoms. The average Bonchev–Trinajstić information content (AvgIpc) is 2.41. The van der Waals surface area contributed by atoms with Crippen molar-refractivity contribution in [2.75, 3.05) is 13.2 Å². The molecule has 1 unspecified atom stereocenters. The molecule has 0 aliphatic heterocycles. The Morgan fingerprint density at radius 1 is 1.00 bits per heavy atom. The molecule has 1 atom stereocenters. The second-order valence-corrected chi connectivity index (χ2v) is 6.60. The molecule has 1 amide bonds. The molecule has 0 rings (SSSR count). The summed E-state index contributed by atoms with van der Waals surface area (Å²) in [6, 6.07) is -0.500. The van der Waals surface area contributed by atoms with Crippen LogP contribution in [0.3, 0.4) is 0 Å². The number of esters is 1. The number of carbonyl (C=O) groups excluding carboxylic acids is 2. The molecule has 0 aromatic rings. The van der Waals surface area contributed by atoms with E-state index in [1.54, 1.807) is 11.8 Å². The molecule has 0 heterocycles. The van der Waals surface area contributed by atoms with Gasteiger partial charge < -0.3 is 9.64 Å². The largest absolute Gasteiger partial charge is 0.464 e. The Balaban J connectivity index is 4.63. The molecule has 0 saturated heterocycles. The predicted octanol–water partition coefficient (Wildman–Crippen LogP) is 3.64. The number of rotatable bonds is 10. The van der Waals surface area contributed by atoms with Crippen LogP contribution in [0.1, 0.15) is 67.2 Å². The molecule has 4 nitrogen and oxygen atoms in total. The first-order chi connectivity index (χ1) is 9.79. The van der Waals surface area contributed by atoms with Crippen LogP contribution in [0.5, 0.6) is 0 Å². The second kappa shape index (κ2) is 10.6. The van der Waals surface area contributed by atoms with Crippen LogP contribution in [-0.2, 0) is 14.3 Å². The summed E-state index contributed by atoms with van der Waals surface area (Å²) in [6.07, 6.45) is 3.54. The number of hydrogen-bond acceptors (Lipinski definition) is 3. The van der Waals surface area contributed by atoms with Crippen molar-refractivity contribution in [3.05, 3.63) is 0 Å². The van der Waals surface area contributed by atoms with E-state index >= 15 is 0 Å². The molecule has 0 aromatic heterocycles. The lowest BCUT2D eigenvalue weighted by Gasteiger charge is -2.29. The van der Waals surface area contributed by atoms with Gasteiger partial charge in [0.1, 0.15) is 6.04 Å². The third kappa shape index (κ3) is 8.74. The fraction of sp³-hybridized carbons (Fsp3) is 0.882. The highest BCUT2D eigenvalue weighted by Gasteiger charge is 2.27. The maximum absolute atomic E-state index is 12.4. The van der Waals surface area contributed by atoms with Crippen LogP contribution in [0.2, 0.25) is 0 Å². The van der Waals surface area contributed by atoms with E-state index in [1.165, 1.54) is 0 Å². The van der Waals surface area contributed by atoms with Crippen molar-refractivity contribution in [2.24, 2.45) is 11.8 Å². The standard InChI is InChI=1S/C17H33NO3/c1-7-8-9-10-16(19)18(11-13(2)3)15(6)17(20)21-12-14(4)5/h13-15H,7-12H2,1-6H3. The molecule has 0 aliphatic rings. The summed E-state index contributed by atoms with van der Waals surface area (Å²) in [4.78, 5) is 26.1. The van der Waals surface area contributed by atoms with Crippen molar-refractivity contribution in [3.63, 3.8) is 0 Å². The van der Waals surface area contributed by atoms with Gasteiger partial charge in [0.25, 0.3) is 0 Å². The minimum atomic E-state index is -0.500. The number of hydrogen-bond donors (Lipinski definition) is 0. The monoisotopic (exact) mass is 299 g/mol. The Labute approximate surface area is 130 Å². The van der Waals surface area contributed by atoms with Crippen molar-refractivity contribution in [1.29, 1.82) is 0 Å². The van der Waals surface area contributed by atoms with Gasteiger partial charge in [0, 0.05) is 13.0 Å². The number of unbranched alkanes of at least 4 members (excludes halogenated alkanes) is 2. The molecular formula is C17H33NO3. The van der Waals surface area contributed by atoms with Crippen molar-refractivity contribution in [1.82, 2.24) is 4.90 Å². The first kappa shape index (κ1) is 19.9. The molecule has 0 radical (unpaired) electrons. The highest BCUT2D eigenvalue weighted by molar-refractivity contribution is 5.84. The van der Waals surface area contributed by atoms with Gasteiger partial charge in [-0.3, -0.25) is 4.79 Å². The van der Waals surface area contributed by atoms with Crippen molar-refractivity contribution < 1.29 is 14.3 Å². The molecule has 0 saturated carbocycles. The third-order valence-electron chi connectivity index (χ3n) is 3.24. The Hall–Kier alpha value is -1.06. The molecule has 0 aromatic carbocycles. The Morgan fingerprint density at radius 2 is 1.62 bits per heavy atom. The zero-order valence-corrected chi connectivity index (χ0v) is 14.6. The van der Waals surface area contributed by atoms with Crippen LogP contribution < -0.4 is 0 Å². The van der Waals surface area contributed by atoms with Crippen molar-refractivity contribution >= 4 is 11.9 Å². The summed E-state index contributed by atoms with van der Waals surface area (Å²) in [5.74, 6) is 0.403. The summed E-state index contributed by atoms with van der Waals surface area (Å²) >= 11 is 0. The molecule has 124 valence electrons. The molecule has 0 N–H and O–H groups in total. The molecular weight excluding hydrogens is 266 g/mol. The molecule has 21 heavy (non-hydrogen) atoms. The van der Waals surface area contributed by atoms with Gasteiger partial charge in [-0.15, -0.1) is 0 Å². The highest BCUT2D eigenvalue weighted by Crippen LogP contribution is 2.12. The number of carbonyl (C=O) groups is 2. The maximum atomic E-state index is 12.4. The van der Waals surface area contributed by atoms with Crippen LogP contribution in [-0.4, -0.2) is 36.0 Å². The van der Waals surface area contributed by atoms with Crippen molar-refractivity contribution in [3.8, 4) is 0 Å². The van der Waals surface area contributed by atoms with Crippen LogP contribution in [0.25, 0.3) is 0 Å². The summed E-state index contributed by atoms with van der Waals surface area (Å²) in [6.45, 7) is 13.0. The fourth-order valence-corrected chi connectivity index (χ4v) is 2.04. The number of nitrogens with zero attached hydrogens (tertiary/aromatic N) is 1. The quantitative estimate of drug-likeness (QED) is 0.457. The normalized spacial score (nSPS) is 12.6. The second-order valence-electron chi connectivity index (χ2n) is 6.60. The number of ether oxygens (including phenoxy) is 1. The van der Waals surface area contributed by atoms with Crippen LogP contribution in [0.4, 0.5) is 0 Å². The fourth-order valence-electron chi connectivity index (χ4n) is 2.04. The van der Waals surface area contributed by atoms with E-state index in [4.69, 9.17) is 4.74 Å².